The number of aliphatic hydroxyl groups is 1. The van der Waals surface area contributed by atoms with Gasteiger partial charge in [0.25, 0.3) is 5.78 Å². The molecule has 0 aromatic carbocycles. The maximum atomic E-state index is 9.91. The molecule has 0 atom stereocenters. The molecule has 0 spiro atoms. The number of Topliss-reactive ketones (excluding diaryl/α,β-unsaturated/α-hetero) is 2. The second kappa shape index (κ2) is 3.04. The van der Waals surface area contributed by atoms with E-state index in [9.17, 15) is 14.4 Å². The highest BCUT2D eigenvalue weighted by atomic mass is 16.3. The maximum Gasteiger partial charge on any atom is 0.263 e. The highest BCUT2D eigenvalue weighted by Crippen LogP contribution is 1.67. The third kappa shape index (κ3) is 1.61. The first-order valence-electron chi connectivity index (χ1n) is 1.85. The predicted octanol–water partition coefficient (Wildman–Crippen LogP) is -1.68. The summed E-state index contributed by atoms with van der Waals surface area (Å²) in [4.78, 5) is 29.2. The molecule has 0 saturated carbocycles. The van der Waals surface area contributed by atoms with Crippen molar-refractivity contribution in [3.63, 3.8) is 0 Å². The van der Waals surface area contributed by atoms with Gasteiger partial charge in [-0.2, -0.15) is 0 Å². The predicted molar refractivity (Wildman–Crippen MR) is 23.2 cm³/mol. The number of carbonyl (C=O) groups excluding carboxylic acids is 3. The summed E-state index contributed by atoms with van der Waals surface area (Å²) in [6, 6.07) is 0. The Hall–Kier alpha value is -1.03. The summed E-state index contributed by atoms with van der Waals surface area (Å²) in [7, 11) is 0. The van der Waals surface area contributed by atoms with Gasteiger partial charge in [0.2, 0.25) is 5.78 Å². The SMILES string of the molecule is O=CC(=O)C(=O)CO. The molecular formula is C4H4O4. The average Bonchev–Trinajstić information content (AvgIpc) is 1.84. The van der Waals surface area contributed by atoms with Crippen molar-refractivity contribution in [2.24, 2.45) is 0 Å². The summed E-state index contributed by atoms with van der Waals surface area (Å²) in [6.07, 6.45) is -0.126. The lowest BCUT2D eigenvalue weighted by Crippen LogP contribution is -2.17. The number of rotatable bonds is 3. The summed E-state index contributed by atoms with van der Waals surface area (Å²) in [6.45, 7) is -0.891. The minimum absolute atomic E-state index is 0.126. The van der Waals surface area contributed by atoms with E-state index >= 15 is 0 Å². The van der Waals surface area contributed by atoms with E-state index in [4.69, 9.17) is 5.11 Å². The van der Waals surface area contributed by atoms with E-state index in [0.29, 0.717) is 0 Å². The Kier molecular flexibility index (Phi) is 2.64. The van der Waals surface area contributed by atoms with Crippen molar-refractivity contribution in [3.8, 4) is 0 Å². The zero-order valence-electron chi connectivity index (χ0n) is 3.96. The Morgan fingerprint density at radius 3 is 2.12 bits per heavy atom. The van der Waals surface area contributed by atoms with Gasteiger partial charge in [0.05, 0.1) is 0 Å². The third-order valence-electron chi connectivity index (χ3n) is 0.525. The first-order valence-corrected chi connectivity index (χ1v) is 1.85. The van der Waals surface area contributed by atoms with Crippen molar-refractivity contribution in [2.45, 2.75) is 0 Å². The molecule has 0 saturated heterocycles. The van der Waals surface area contributed by atoms with Crippen LogP contribution in [0.5, 0.6) is 0 Å². The zero-order chi connectivity index (χ0) is 6.57. The second-order valence-corrected chi connectivity index (χ2v) is 1.06. The van der Waals surface area contributed by atoms with E-state index in [1.807, 2.05) is 0 Å². The van der Waals surface area contributed by atoms with Gasteiger partial charge in [-0.05, 0) is 0 Å². The molecular weight excluding hydrogens is 112 g/mol. The van der Waals surface area contributed by atoms with Crippen LogP contribution in [-0.2, 0) is 14.4 Å². The molecule has 0 radical (unpaired) electrons. The molecule has 0 bridgehead atoms. The lowest BCUT2D eigenvalue weighted by atomic mass is 10.3. The van der Waals surface area contributed by atoms with E-state index in [1.165, 1.54) is 0 Å². The lowest BCUT2D eigenvalue weighted by molar-refractivity contribution is -0.141. The number of hydrogen-bond acceptors (Lipinski definition) is 4. The highest BCUT2D eigenvalue weighted by Gasteiger charge is 2.08. The van der Waals surface area contributed by atoms with Gasteiger partial charge in [-0.25, -0.2) is 0 Å². The lowest BCUT2D eigenvalue weighted by Gasteiger charge is -1.80. The van der Waals surface area contributed by atoms with Crippen molar-refractivity contribution in [1.29, 1.82) is 0 Å². The fourth-order valence-corrected chi connectivity index (χ4v) is 0.144. The largest absolute Gasteiger partial charge is 0.388 e. The van der Waals surface area contributed by atoms with E-state index in [0.717, 1.165) is 0 Å². The first kappa shape index (κ1) is 6.97. The summed E-state index contributed by atoms with van der Waals surface area (Å²) < 4.78 is 0. The molecule has 0 fully saturated rings. The normalized spacial score (nSPS) is 8.12. The number of aldehydes is 1. The highest BCUT2D eigenvalue weighted by molar-refractivity contribution is 6.58. The number of aliphatic hydroxyl groups excluding tert-OH is 1. The van der Waals surface area contributed by atoms with Crippen molar-refractivity contribution >= 4 is 17.9 Å². The summed E-state index contributed by atoms with van der Waals surface area (Å²) in [5.74, 6) is -2.26. The third-order valence-corrected chi connectivity index (χ3v) is 0.525. The van der Waals surface area contributed by atoms with Crippen molar-refractivity contribution < 1.29 is 19.5 Å². The zero-order valence-corrected chi connectivity index (χ0v) is 3.96. The Morgan fingerprint density at radius 2 is 2.00 bits per heavy atom. The number of ketones is 2. The van der Waals surface area contributed by atoms with Crippen LogP contribution in [0, 0.1) is 0 Å². The number of hydrogen-bond donors (Lipinski definition) is 1. The van der Waals surface area contributed by atoms with Gasteiger partial charge in [0.15, 0.2) is 6.29 Å². The van der Waals surface area contributed by atoms with Crippen molar-refractivity contribution in [2.75, 3.05) is 6.61 Å². The molecule has 4 heteroatoms. The molecule has 0 rings (SSSR count). The quantitative estimate of drug-likeness (QED) is 0.271. The first-order chi connectivity index (χ1) is 3.72. The molecule has 44 valence electrons. The molecule has 1 N–H and O–H groups in total. The molecule has 4 nitrogen and oxygen atoms in total. The molecule has 0 aliphatic heterocycles. The van der Waals surface area contributed by atoms with Crippen molar-refractivity contribution in [3.05, 3.63) is 0 Å². The van der Waals surface area contributed by atoms with Crippen LogP contribution >= 0.6 is 0 Å². The average molecular weight is 116 g/mol. The Bertz CT molecular complexity index is 126. The van der Waals surface area contributed by atoms with Crippen LogP contribution in [0.4, 0.5) is 0 Å². The van der Waals surface area contributed by atoms with Gasteiger partial charge in [0, 0.05) is 0 Å². The van der Waals surface area contributed by atoms with Gasteiger partial charge in [-0.1, -0.05) is 0 Å². The van der Waals surface area contributed by atoms with Gasteiger partial charge >= 0.3 is 0 Å². The second-order valence-electron chi connectivity index (χ2n) is 1.06. The maximum absolute atomic E-state index is 9.91. The fraction of sp³-hybridized carbons (Fsp3) is 0.250. The van der Waals surface area contributed by atoms with Crippen LogP contribution in [0.2, 0.25) is 0 Å². The summed E-state index contributed by atoms with van der Waals surface area (Å²) >= 11 is 0. The van der Waals surface area contributed by atoms with E-state index < -0.39 is 18.2 Å². The molecule has 0 aromatic rings. The number of carbonyl (C=O) groups is 3. The summed E-state index contributed by atoms with van der Waals surface area (Å²) in [5, 5.41) is 7.91. The molecule has 0 amide bonds. The molecule has 0 aliphatic carbocycles. The Morgan fingerprint density at radius 1 is 1.50 bits per heavy atom. The van der Waals surface area contributed by atoms with Gasteiger partial charge in [-0.15, -0.1) is 0 Å². The van der Waals surface area contributed by atoms with Crippen LogP contribution in [0.15, 0.2) is 0 Å². The van der Waals surface area contributed by atoms with Gasteiger partial charge < -0.3 is 5.11 Å². The van der Waals surface area contributed by atoms with Gasteiger partial charge in [-0.3, -0.25) is 14.4 Å². The topological polar surface area (TPSA) is 71.4 Å². The monoisotopic (exact) mass is 116 g/mol. The van der Waals surface area contributed by atoms with Crippen molar-refractivity contribution in [1.82, 2.24) is 0 Å². The molecule has 0 unspecified atom stereocenters. The van der Waals surface area contributed by atoms with Crippen LogP contribution in [-0.4, -0.2) is 29.6 Å². The Balaban J connectivity index is 3.82. The molecule has 8 heavy (non-hydrogen) atoms. The summed E-state index contributed by atoms with van der Waals surface area (Å²) in [5.41, 5.74) is 0. The molecule has 0 heterocycles. The van der Waals surface area contributed by atoms with E-state index in [-0.39, 0.29) is 6.29 Å². The van der Waals surface area contributed by atoms with Crippen LogP contribution in [0.1, 0.15) is 0 Å². The smallest absolute Gasteiger partial charge is 0.263 e. The molecule has 0 aromatic heterocycles. The Labute approximate surface area is 45.1 Å². The minimum Gasteiger partial charge on any atom is -0.388 e. The van der Waals surface area contributed by atoms with Gasteiger partial charge in [0.1, 0.15) is 6.61 Å². The van der Waals surface area contributed by atoms with E-state index in [2.05, 4.69) is 0 Å². The van der Waals surface area contributed by atoms with E-state index in [1.54, 1.807) is 0 Å². The minimum atomic E-state index is -1.19. The van der Waals surface area contributed by atoms with Crippen LogP contribution < -0.4 is 0 Å². The van der Waals surface area contributed by atoms with Crippen LogP contribution in [0.3, 0.4) is 0 Å². The standard InChI is InChI=1S/C4H4O4/c5-1-3(7)4(8)2-6/h1,6H,2H2. The molecule has 0 aliphatic rings. The van der Waals surface area contributed by atoms with Crippen LogP contribution in [0.25, 0.3) is 0 Å². The fourth-order valence-electron chi connectivity index (χ4n) is 0.144.